The van der Waals surface area contributed by atoms with Crippen LogP contribution < -0.4 is 14.2 Å². The second-order valence-corrected chi connectivity index (χ2v) is 5.56. The summed E-state index contributed by atoms with van der Waals surface area (Å²) in [4.78, 5) is 3.24. The number of H-pyrrole nitrogens is 1. The first-order chi connectivity index (χ1) is 11.6. The van der Waals surface area contributed by atoms with Crippen molar-refractivity contribution >= 4 is 10.9 Å². The molecule has 2 N–H and O–H groups in total. The zero-order valence-electron chi connectivity index (χ0n) is 14.3. The van der Waals surface area contributed by atoms with E-state index in [1.54, 1.807) is 21.3 Å². The van der Waals surface area contributed by atoms with Crippen LogP contribution in [0.15, 0.2) is 30.3 Å². The lowest BCUT2D eigenvalue weighted by molar-refractivity contribution is 0.277. The summed E-state index contributed by atoms with van der Waals surface area (Å²) in [5.74, 6) is 1.81. The first kappa shape index (κ1) is 16.2. The Labute approximate surface area is 140 Å². The highest BCUT2D eigenvalue weighted by molar-refractivity contribution is 5.89. The fourth-order valence-corrected chi connectivity index (χ4v) is 2.97. The molecule has 5 heteroatoms. The number of aliphatic hydroxyl groups is 1. The van der Waals surface area contributed by atoms with Gasteiger partial charge in [-0.2, -0.15) is 0 Å². The third-order valence-electron chi connectivity index (χ3n) is 4.32. The molecule has 0 amide bonds. The predicted molar refractivity (Wildman–Crippen MR) is 94.1 cm³/mol. The van der Waals surface area contributed by atoms with Crippen LogP contribution in [-0.2, 0) is 6.61 Å². The van der Waals surface area contributed by atoms with Crippen LogP contribution in [0, 0.1) is 6.92 Å². The molecule has 0 radical (unpaired) electrons. The van der Waals surface area contributed by atoms with Crippen LogP contribution in [0.5, 0.6) is 17.2 Å². The highest BCUT2D eigenvalue weighted by atomic mass is 16.5. The van der Waals surface area contributed by atoms with Gasteiger partial charge in [0.05, 0.1) is 27.9 Å². The van der Waals surface area contributed by atoms with Gasteiger partial charge in [-0.25, -0.2) is 0 Å². The molecule has 3 aromatic rings. The zero-order valence-corrected chi connectivity index (χ0v) is 14.3. The SMILES string of the molecule is COc1cc(-c2ccc3[nH]c(CO)c(C)c3c2)cc(OC)c1OC. The lowest BCUT2D eigenvalue weighted by Crippen LogP contribution is -1.95. The van der Waals surface area contributed by atoms with E-state index in [0.717, 1.165) is 33.3 Å². The molecule has 0 saturated heterocycles. The van der Waals surface area contributed by atoms with Gasteiger partial charge in [0, 0.05) is 16.6 Å². The van der Waals surface area contributed by atoms with Crippen LogP contribution in [0.4, 0.5) is 0 Å². The number of benzene rings is 2. The van der Waals surface area contributed by atoms with Crippen molar-refractivity contribution in [2.45, 2.75) is 13.5 Å². The van der Waals surface area contributed by atoms with E-state index in [2.05, 4.69) is 11.1 Å². The number of aryl methyl sites for hydroxylation is 1. The smallest absolute Gasteiger partial charge is 0.203 e. The molecule has 24 heavy (non-hydrogen) atoms. The second-order valence-electron chi connectivity index (χ2n) is 5.56. The quantitative estimate of drug-likeness (QED) is 0.750. The van der Waals surface area contributed by atoms with Gasteiger partial charge in [0.25, 0.3) is 0 Å². The van der Waals surface area contributed by atoms with Crippen molar-refractivity contribution in [1.29, 1.82) is 0 Å². The first-order valence-electron chi connectivity index (χ1n) is 7.65. The molecule has 0 aliphatic rings. The highest BCUT2D eigenvalue weighted by Crippen LogP contribution is 2.41. The maximum atomic E-state index is 9.42. The normalized spacial score (nSPS) is 10.9. The summed E-state index contributed by atoms with van der Waals surface area (Å²) in [6.45, 7) is 2.00. The van der Waals surface area contributed by atoms with E-state index in [-0.39, 0.29) is 6.61 Å². The van der Waals surface area contributed by atoms with Crippen LogP contribution >= 0.6 is 0 Å². The van der Waals surface area contributed by atoms with Gasteiger partial charge in [0.15, 0.2) is 11.5 Å². The Hall–Kier alpha value is -2.66. The molecule has 1 heterocycles. The van der Waals surface area contributed by atoms with E-state index < -0.39 is 0 Å². The zero-order chi connectivity index (χ0) is 17.3. The van der Waals surface area contributed by atoms with E-state index in [1.807, 2.05) is 31.2 Å². The average Bonchev–Trinajstić information content (AvgIpc) is 2.95. The monoisotopic (exact) mass is 327 g/mol. The molecule has 0 saturated carbocycles. The Morgan fingerprint density at radius 1 is 0.917 bits per heavy atom. The van der Waals surface area contributed by atoms with Crippen molar-refractivity contribution < 1.29 is 19.3 Å². The topological polar surface area (TPSA) is 63.7 Å². The molecular weight excluding hydrogens is 306 g/mol. The van der Waals surface area contributed by atoms with E-state index in [9.17, 15) is 5.11 Å². The lowest BCUT2D eigenvalue weighted by atomic mass is 10.0. The Bertz CT molecular complexity index is 857. The number of hydrogen-bond donors (Lipinski definition) is 2. The summed E-state index contributed by atoms with van der Waals surface area (Å²) in [6.07, 6.45) is 0. The molecule has 0 spiro atoms. The van der Waals surface area contributed by atoms with E-state index in [0.29, 0.717) is 17.2 Å². The van der Waals surface area contributed by atoms with Crippen LogP contribution in [0.2, 0.25) is 0 Å². The fourth-order valence-electron chi connectivity index (χ4n) is 2.97. The van der Waals surface area contributed by atoms with Crippen LogP contribution in [0.3, 0.4) is 0 Å². The van der Waals surface area contributed by atoms with E-state index in [1.165, 1.54) is 0 Å². The second kappa shape index (κ2) is 6.45. The number of aliphatic hydroxyl groups excluding tert-OH is 1. The number of aromatic amines is 1. The Kier molecular flexibility index (Phi) is 4.36. The van der Waals surface area contributed by atoms with Gasteiger partial charge in [0.1, 0.15) is 0 Å². The van der Waals surface area contributed by atoms with Crippen molar-refractivity contribution in [3.05, 3.63) is 41.6 Å². The molecule has 3 rings (SSSR count). The third kappa shape index (κ3) is 2.57. The summed E-state index contributed by atoms with van der Waals surface area (Å²) in [5.41, 5.74) is 4.91. The predicted octanol–water partition coefficient (Wildman–Crippen LogP) is 3.66. The van der Waals surface area contributed by atoms with Crippen molar-refractivity contribution in [2.75, 3.05) is 21.3 Å². The Morgan fingerprint density at radius 2 is 1.58 bits per heavy atom. The molecule has 0 aliphatic heterocycles. The largest absolute Gasteiger partial charge is 0.493 e. The number of methoxy groups -OCH3 is 3. The van der Waals surface area contributed by atoms with E-state index >= 15 is 0 Å². The standard InChI is InChI=1S/C19H21NO4/c1-11-14-7-12(5-6-15(14)20-16(11)10-21)13-8-17(22-2)19(24-4)18(9-13)23-3/h5-9,20-21H,10H2,1-4H3. The van der Waals surface area contributed by atoms with Crippen LogP contribution in [0.1, 0.15) is 11.3 Å². The number of nitrogens with one attached hydrogen (secondary N) is 1. The van der Waals surface area contributed by atoms with Crippen molar-refractivity contribution in [1.82, 2.24) is 4.98 Å². The number of fused-ring (bicyclic) bond motifs is 1. The van der Waals surface area contributed by atoms with Gasteiger partial charge < -0.3 is 24.3 Å². The molecule has 0 bridgehead atoms. The number of rotatable bonds is 5. The van der Waals surface area contributed by atoms with Crippen molar-refractivity contribution in [3.63, 3.8) is 0 Å². The number of aromatic nitrogens is 1. The van der Waals surface area contributed by atoms with Gasteiger partial charge in [-0.3, -0.25) is 0 Å². The van der Waals surface area contributed by atoms with E-state index in [4.69, 9.17) is 14.2 Å². The van der Waals surface area contributed by atoms with Gasteiger partial charge in [-0.15, -0.1) is 0 Å². The summed E-state index contributed by atoms with van der Waals surface area (Å²) in [6, 6.07) is 10.00. The molecule has 2 aromatic carbocycles. The molecule has 0 atom stereocenters. The van der Waals surface area contributed by atoms with Crippen molar-refractivity contribution in [3.8, 4) is 28.4 Å². The number of hydrogen-bond acceptors (Lipinski definition) is 4. The number of ether oxygens (including phenoxy) is 3. The van der Waals surface area contributed by atoms with Crippen LogP contribution in [0.25, 0.3) is 22.0 Å². The van der Waals surface area contributed by atoms with Gasteiger partial charge in [-0.05, 0) is 47.9 Å². The molecule has 1 aromatic heterocycles. The lowest BCUT2D eigenvalue weighted by Gasteiger charge is -2.14. The molecule has 126 valence electrons. The molecular formula is C19H21NO4. The first-order valence-corrected chi connectivity index (χ1v) is 7.65. The van der Waals surface area contributed by atoms with Gasteiger partial charge >= 0.3 is 0 Å². The minimum absolute atomic E-state index is 0.0000280. The molecule has 5 nitrogen and oxygen atoms in total. The summed E-state index contributed by atoms with van der Waals surface area (Å²) in [7, 11) is 4.80. The summed E-state index contributed by atoms with van der Waals surface area (Å²) < 4.78 is 16.2. The van der Waals surface area contributed by atoms with Gasteiger partial charge in [-0.1, -0.05) is 6.07 Å². The third-order valence-corrected chi connectivity index (χ3v) is 4.32. The average molecular weight is 327 g/mol. The summed E-state index contributed by atoms with van der Waals surface area (Å²) in [5, 5.41) is 10.5. The minimum atomic E-state index is 0.0000280. The fraction of sp³-hybridized carbons (Fsp3) is 0.263. The maximum Gasteiger partial charge on any atom is 0.203 e. The molecule has 0 fully saturated rings. The Morgan fingerprint density at radius 3 is 2.12 bits per heavy atom. The summed E-state index contributed by atoms with van der Waals surface area (Å²) >= 11 is 0. The van der Waals surface area contributed by atoms with Gasteiger partial charge in [0.2, 0.25) is 5.75 Å². The Balaban J connectivity index is 2.18. The highest BCUT2D eigenvalue weighted by Gasteiger charge is 2.15. The minimum Gasteiger partial charge on any atom is -0.493 e. The maximum absolute atomic E-state index is 9.42. The molecule has 0 unspecified atom stereocenters. The van der Waals surface area contributed by atoms with Crippen molar-refractivity contribution in [2.24, 2.45) is 0 Å². The van der Waals surface area contributed by atoms with Crippen LogP contribution in [-0.4, -0.2) is 31.4 Å². The molecule has 0 aliphatic carbocycles.